The summed E-state index contributed by atoms with van der Waals surface area (Å²) in [5, 5.41) is 8.51. The molecular weight excluding hydrogens is 1010 g/mol. The number of methoxy groups -OCH3 is 1. The Kier molecular flexibility index (Phi) is 41.9. The van der Waals surface area contributed by atoms with Gasteiger partial charge in [0, 0.05) is 58.0 Å². The van der Waals surface area contributed by atoms with Crippen molar-refractivity contribution in [3.8, 4) is 0 Å². The number of nitrogens with zero attached hydrogens (tertiary/aromatic N) is 1. The third-order valence-corrected chi connectivity index (χ3v) is 11.5. The molecule has 0 spiro atoms. The van der Waals surface area contributed by atoms with E-state index in [1.54, 1.807) is 20.8 Å². The van der Waals surface area contributed by atoms with Crippen molar-refractivity contribution in [2.75, 3.05) is 112 Å². The Morgan fingerprint density at radius 2 is 0.987 bits per heavy atom. The van der Waals surface area contributed by atoms with Gasteiger partial charge < -0.3 is 70.2 Å². The molecule has 21 nitrogen and oxygen atoms in total. The molecular formula is C57H94N6O15. The second kappa shape index (κ2) is 46.4. The van der Waals surface area contributed by atoms with E-state index in [4.69, 9.17) is 49.4 Å². The molecule has 0 aliphatic rings. The van der Waals surface area contributed by atoms with Crippen LogP contribution in [0.15, 0.2) is 60.7 Å². The Balaban J connectivity index is 0.00000274. The summed E-state index contributed by atoms with van der Waals surface area (Å²) < 4.78 is 42.2. The van der Waals surface area contributed by atoms with E-state index < -0.39 is 41.4 Å². The first-order valence-electron chi connectivity index (χ1n) is 27.5. The first-order valence-corrected chi connectivity index (χ1v) is 27.5. The molecule has 0 aliphatic carbocycles. The molecule has 442 valence electrons. The van der Waals surface area contributed by atoms with Crippen molar-refractivity contribution in [3.05, 3.63) is 71.8 Å². The molecule has 0 radical (unpaired) electrons. The van der Waals surface area contributed by atoms with Crippen molar-refractivity contribution in [2.45, 2.75) is 124 Å². The maximum Gasteiger partial charge on any atom is 0.407 e. The normalized spacial score (nSPS) is 11.8. The highest BCUT2D eigenvalue weighted by Gasteiger charge is 2.25. The predicted molar refractivity (Wildman–Crippen MR) is 296 cm³/mol. The molecule has 0 heterocycles. The number of benzene rings is 2. The number of ketones is 1. The van der Waals surface area contributed by atoms with E-state index in [9.17, 15) is 33.6 Å². The van der Waals surface area contributed by atoms with Gasteiger partial charge in [0.2, 0.25) is 11.8 Å². The van der Waals surface area contributed by atoms with Crippen LogP contribution in [0.3, 0.4) is 0 Å². The van der Waals surface area contributed by atoms with Gasteiger partial charge >= 0.3 is 24.0 Å². The van der Waals surface area contributed by atoms with Gasteiger partial charge in [0.05, 0.1) is 78.7 Å². The van der Waals surface area contributed by atoms with Crippen molar-refractivity contribution in [1.29, 1.82) is 0 Å². The van der Waals surface area contributed by atoms with Gasteiger partial charge in [0.25, 0.3) is 0 Å². The van der Waals surface area contributed by atoms with Crippen molar-refractivity contribution in [1.82, 2.24) is 20.9 Å². The Bertz CT molecular complexity index is 1900. The number of unbranched alkanes of at least 4 members (excludes halogenated alkanes) is 4. The predicted octanol–water partition coefficient (Wildman–Crippen LogP) is 5.18. The van der Waals surface area contributed by atoms with E-state index >= 15 is 0 Å². The van der Waals surface area contributed by atoms with Gasteiger partial charge in [-0.1, -0.05) is 73.5 Å². The van der Waals surface area contributed by atoms with Crippen LogP contribution in [0.1, 0.15) is 116 Å². The lowest BCUT2D eigenvalue weighted by atomic mass is 9.95. The third-order valence-electron chi connectivity index (χ3n) is 11.5. The third kappa shape index (κ3) is 41.5. The molecule has 0 aromatic heterocycles. The molecule has 78 heavy (non-hydrogen) atoms. The van der Waals surface area contributed by atoms with Crippen LogP contribution >= 0.6 is 0 Å². The number of nitrogens with two attached hydrogens (primary N) is 2. The zero-order chi connectivity index (χ0) is 57.5. The molecule has 2 aromatic rings. The molecule has 3 amide bonds. The number of hydrogen-bond donors (Lipinski definition) is 5. The molecule has 2 rings (SSSR count). The largest absolute Gasteiger partial charge is 0.469 e. The summed E-state index contributed by atoms with van der Waals surface area (Å²) in [6, 6.07) is 18.5. The van der Waals surface area contributed by atoms with Crippen molar-refractivity contribution in [2.24, 2.45) is 23.3 Å². The van der Waals surface area contributed by atoms with Crippen molar-refractivity contribution < 1.29 is 71.5 Å². The summed E-state index contributed by atoms with van der Waals surface area (Å²) in [7, 11) is 1.25. The minimum atomic E-state index is -0.781. The summed E-state index contributed by atoms with van der Waals surface area (Å²) in [5.74, 6) is -3.42. The average Bonchev–Trinajstić information content (AvgIpc) is 3.41. The standard InChI is InChI=1S/C51H78N4O13.C6H16N2O2/c1-40(56)43(36-47(59)66-38-41-18-10-6-11-19-41)22-24-45(57)52-26-14-8-16-29-55(31-33-65-35-34-64-32-28-54-50(62)68-51(2,3)4)30-17-9-15-27-53-46(58)25-23-44(49(61)63-5)37-48(60)67-39-42-20-12-7-13-21-42;7-1-3-9-5-6-10-4-2-8/h6-7,10-13,18-21,43-44H,8-9,14-17,22-39H2,1-5H3,(H,52,57)(H,53,58)(H,54,62);1-8H2/t43-,44-;/m1./s1. The molecule has 0 bridgehead atoms. The second-order valence-corrected chi connectivity index (χ2v) is 19.4. The maximum atomic E-state index is 12.6. The molecule has 7 N–H and O–H groups in total. The minimum absolute atomic E-state index is 0.0607. The molecule has 2 atom stereocenters. The molecule has 2 aromatic carbocycles. The Hall–Kier alpha value is -5.55. The highest BCUT2D eigenvalue weighted by molar-refractivity contribution is 5.84. The van der Waals surface area contributed by atoms with Crippen LogP contribution in [0.5, 0.6) is 0 Å². The van der Waals surface area contributed by atoms with E-state index in [0.29, 0.717) is 92.1 Å². The van der Waals surface area contributed by atoms with Crippen LogP contribution in [0.4, 0.5) is 4.79 Å². The molecule has 21 heteroatoms. The highest BCUT2D eigenvalue weighted by atomic mass is 16.6. The van der Waals surface area contributed by atoms with Crippen LogP contribution in [0, 0.1) is 11.8 Å². The Morgan fingerprint density at radius 1 is 0.538 bits per heavy atom. The van der Waals surface area contributed by atoms with Crippen LogP contribution in [-0.2, 0) is 79.9 Å². The summed E-state index contributed by atoms with van der Waals surface area (Å²) in [6.07, 6.45) is 5.08. The number of amides is 3. The second-order valence-electron chi connectivity index (χ2n) is 19.4. The lowest BCUT2D eigenvalue weighted by Gasteiger charge is -2.22. The fourth-order valence-electron chi connectivity index (χ4n) is 7.31. The smallest absolute Gasteiger partial charge is 0.407 e. The molecule has 0 unspecified atom stereocenters. The van der Waals surface area contributed by atoms with Crippen LogP contribution in [0.25, 0.3) is 0 Å². The number of Topliss-reactive ketones (excluding diaryl/α,β-unsaturated/α-hetero) is 1. The molecule has 0 saturated carbocycles. The number of alkyl carbamates (subject to hydrolysis) is 1. The zero-order valence-electron chi connectivity index (χ0n) is 47.4. The Labute approximate surface area is 463 Å². The van der Waals surface area contributed by atoms with E-state index in [1.807, 2.05) is 60.7 Å². The fraction of sp³-hybridized carbons (Fsp3) is 0.667. The summed E-state index contributed by atoms with van der Waals surface area (Å²) in [4.78, 5) is 88.8. The lowest BCUT2D eigenvalue weighted by Crippen LogP contribution is -2.34. The number of esters is 3. The Morgan fingerprint density at radius 3 is 1.44 bits per heavy atom. The van der Waals surface area contributed by atoms with E-state index in [0.717, 1.165) is 62.7 Å². The summed E-state index contributed by atoms with van der Waals surface area (Å²) in [5.41, 5.74) is 11.5. The number of carbonyl (C=O) groups excluding carboxylic acids is 7. The first-order chi connectivity index (χ1) is 37.6. The highest BCUT2D eigenvalue weighted by Crippen LogP contribution is 2.17. The lowest BCUT2D eigenvalue weighted by molar-refractivity contribution is -0.154. The van der Waals surface area contributed by atoms with Gasteiger partial charge in [-0.2, -0.15) is 0 Å². The van der Waals surface area contributed by atoms with Gasteiger partial charge in [-0.15, -0.1) is 0 Å². The van der Waals surface area contributed by atoms with Crippen molar-refractivity contribution in [3.63, 3.8) is 0 Å². The molecule has 0 saturated heterocycles. The zero-order valence-corrected chi connectivity index (χ0v) is 47.4. The summed E-state index contributed by atoms with van der Waals surface area (Å²) in [6.45, 7) is 16.0. The number of nitrogens with one attached hydrogen (secondary N) is 3. The average molecular weight is 1100 g/mol. The van der Waals surface area contributed by atoms with Crippen molar-refractivity contribution >= 4 is 41.6 Å². The maximum absolute atomic E-state index is 12.6. The van der Waals surface area contributed by atoms with Crippen LogP contribution < -0.4 is 27.4 Å². The topological polar surface area (TPSA) is 285 Å². The van der Waals surface area contributed by atoms with Gasteiger partial charge in [0.15, 0.2) is 0 Å². The van der Waals surface area contributed by atoms with Crippen LogP contribution in [0.2, 0.25) is 0 Å². The quantitative estimate of drug-likeness (QED) is 0.0325. The molecule has 0 fully saturated rings. The monoisotopic (exact) mass is 1100 g/mol. The minimum Gasteiger partial charge on any atom is -0.469 e. The summed E-state index contributed by atoms with van der Waals surface area (Å²) >= 11 is 0. The van der Waals surface area contributed by atoms with E-state index in [1.165, 1.54) is 14.0 Å². The number of hydrogen-bond acceptors (Lipinski definition) is 18. The fourth-order valence-corrected chi connectivity index (χ4v) is 7.31. The van der Waals surface area contributed by atoms with Gasteiger partial charge in [-0.25, -0.2) is 4.79 Å². The number of carbonyl (C=O) groups is 7. The van der Waals surface area contributed by atoms with E-state index in [2.05, 4.69) is 20.9 Å². The SMILES string of the molecule is COC(=O)[C@H](CCC(=O)NCCCCCN(CCCCCNC(=O)CC[C@H](CC(=O)OCc1ccccc1)C(C)=O)CCOCCOCCNC(=O)OC(C)(C)C)CC(=O)OCc1ccccc1.NCCOCCOCCN. The van der Waals surface area contributed by atoms with Gasteiger partial charge in [-0.05, 0) is 90.4 Å². The number of rotatable bonds is 44. The van der Waals surface area contributed by atoms with Gasteiger partial charge in [0.1, 0.15) is 24.6 Å². The van der Waals surface area contributed by atoms with Crippen LogP contribution in [-0.4, -0.2) is 164 Å². The number of ether oxygens (including phenoxy) is 8. The molecule has 0 aliphatic heterocycles. The van der Waals surface area contributed by atoms with E-state index in [-0.39, 0.29) is 69.3 Å². The first kappa shape index (κ1) is 70.5. The van der Waals surface area contributed by atoms with Gasteiger partial charge in [-0.3, -0.25) is 28.8 Å².